The van der Waals surface area contributed by atoms with Gasteiger partial charge in [-0.05, 0) is 95.6 Å². The maximum Gasteiger partial charge on any atom is 0.137 e. The Morgan fingerprint density at radius 2 is 1.88 bits per heavy atom. The van der Waals surface area contributed by atoms with E-state index in [0.717, 1.165) is 36.3 Å². The largest absolute Gasteiger partial charge is 0.330 e. The Labute approximate surface area is 157 Å². The van der Waals surface area contributed by atoms with Gasteiger partial charge in [0.15, 0.2) is 0 Å². The van der Waals surface area contributed by atoms with E-state index < -0.39 is 0 Å². The lowest BCUT2D eigenvalue weighted by Crippen LogP contribution is -2.05. The van der Waals surface area contributed by atoms with Crippen LogP contribution >= 0.6 is 0 Å². The molecule has 4 nitrogen and oxygen atoms in total. The van der Waals surface area contributed by atoms with Crippen molar-refractivity contribution in [2.24, 2.45) is 10.7 Å². The quantitative estimate of drug-likeness (QED) is 0.558. The van der Waals surface area contributed by atoms with E-state index in [2.05, 4.69) is 74.3 Å². The molecule has 0 fully saturated rings. The highest BCUT2D eigenvalue weighted by atomic mass is 15.1. The zero-order valence-electron chi connectivity index (χ0n) is 16.4. The average molecular weight is 351 g/mol. The van der Waals surface area contributed by atoms with Crippen LogP contribution in [-0.4, -0.2) is 22.8 Å². The highest BCUT2D eigenvalue weighted by Gasteiger charge is 2.08. The molecule has 0 saturated heterocycles. The molecule has 0 aliphatic carbocycles. The lowest BCUT2D eigenvalue weighted by molar-refractivity contribution is 0.853. The number of nitrogens with two attached hydrogens (primary N) is 1. The molecule has 0 unspecified atom stereocenters. The van der Waals surface area contributed by atoms with Crippen LogP contribution in [0.1, 0.15) is 42.4 Å². The van der Waals surface area contributed by atoms with Crippen molar-refractivity contribution in [1.82, 2.24) is 9.55 Å². The van der Waals surface area contributed by atoms with Gasteiger partial charge in [0, 0.05) is 23.3 Å². The summed E-state index contributed by atoms with van der Waals surface area (Å²) in [6.45, 7) is 12.6. The number of nitrogens with zero attached hydrogens (tertiary/aromatic N) is 3. The Bertz CT molecular complexity index is 805. The Hall–Kier alpha value is -2.46. The summed E-state index contributed by atoms with van der Waals surface area (Å²) in [5.41, 5.74) is 12.8. The molecule has 0 spiro atoms. The fourth-order valence-corrected chi connectivity index (χ4v) is 3.16. The molecule has 2 aromatic rings. The van der Waals surface area contributed by atoms with Gasteiger partial charge in [0.25, 0.3) is 0 Å². The van der Waals surface area contributed by atoms with Gasteiger partial charge in [0.1, 0.15) is 5.82 Å². The van der Waals surface area contributed by atoms with Crippen molar-refractivity contribution >= 4 is 6.72 Å². The average Bonchev–Trinajstić information content (AvgIpc) is 2.91. The summed E-state index contributed by atoms with van der Waals surface area (Å²) in [6, 6.07) is 8.58. The van der Waals surface area contributed by atoms with E-state index >= 15 is 0 Å². The molecule has 0 aromatic carbocycles. The van der Waals surface area contributed by atoms with E-state index in [1.54, 1.807) is 6.20 Å². The van der Waals surface area contributed by atoms with Gasteiger partial charge in [0.2, 0.25) is 0 Å². The molecule has 2 aromatic heterocycles. The number of aromatic nitrogens is 2. The highest BCUT2D eigenvalue weighted by molar-refractivity contribution is 5.36. The molecule has 0 aliphatic heterocycles. The third-order valence-corrected chi connectivity index (χ3v) is 4.41. The zero-order valence-corrected chi connectivity index (χ0v) is 16.4. The predicted octanol–water partition coefficient (Wildman–Crippen LogP) is 4.61. The lowest BCUT2D eigenvalue weighted by atomic mass is 10.0. The number of hydrogen-bond donors (Lipinski definition) is 1. The molecule has 0 saturated carbocycles. The van der Waals surface area contributed by atoms with E-state index in [1.165, 1.54) is 22.5 Å². The van der Waals surface area contributed by atoms with Crippen LogP contribution in [0.3, 0.4) is 0 Å². The third kappa shape index (κ3) is 5.27. The molecular formula is C22H30N4. The van der Waals surface area contributed by atoms with Crippen LogP contribution in [0, 0.1) is 20.8 Å². The predicted molar refractivity (Wildman–Crippen MR) is 111 cm³/mol. The summed E-state index contributed by atoms with van der Waals surface area (Å²) in [5, 5.41) is 0. The molecule has 2 rings (SSSR count). The number of pyridine rings is 1. The first-order valence-corrected chi connectivity index (χ1v) is 9.09. The Morgan fingerprint density at radius 3 is 2.50 bits per heavy atom. The van der Waals surface area contributed by atoms with Crippen molar-refractivity contribution in [2.45, 2.75) is 47.0 Å². The number of aliphatic imine (C=N–C) groups is 1. The van der Waals surface area contributed by atoms with Gasteiger partial charge in [-0.15, -0.1) is 0 Å². The van der Waals surface area contributed by atoms with Crippen LogP contribution in [0.25, 0.3) is 5.82 Å². The molecule has 0 radical (unpaired) electrons. The van der Waals surface area contributed by atoms with Crippen LogP contribution in [0.5, 0.6) is 0 Å². The minimum absolute atomic E-state index is 0.615. The number of allylic oxidation sites excluding steroid dienone is 2. The van der Waals surface area contributed by atoms with Crippen LogP contribution in [0.2, 0.25) is 0 Å². The molecule has 0 atom stereocenters. The molecule has 0 aliphatic rings. The SMILES string of the molecule is C=N/C=C(\C=C(/C)CCc1cc(C)cc(-n2c(C)ccc2C)n1)CCN. The summed E-state index contributed by atoms with van der Waals surface area (Å²) in [7, 11) is 0. The monoisotopic (exact) mass is 350 g/mol. The second-order valence-electron chi connectivity index (χ2n) is 6.86. The molecular weight excluding hydrogens is 320 g/mol. The van der Waals surface area contributed by atoms with Gasteiger partial charge < -0.3 is 10.3 Å². The van der Waals surface area contributed by atoms with Crippen LogP contribution in [-0.2, 0) is 6.42 Å². The van der Waals surface area contributed by atoms with Crippen molar-refractivity contribution in [3.05, 3.63) is 70.3 Å². The lowest BCUT2D eigenvalue weighted by Gasteiger charge is -2.12. The molecule has 26 heavy (non-hydrogen) atoms. The van der Waals surface area contributed by atoms with E-state index in [-0.39, 0.29) is 0 Å². The summed E-state index contributed by atoms with van der Waals surface area (Å²) in [5.74, 6) is 1.00. The standard InChI is InChI=1S/C22H30N4/c1-16(12-20(10-11-23)15-24-5)6-9-21-13-17(2)14-22(25-21)26-18(3)7-8-19(26)4/h7-8,12-15H,5-6,9-11,23H2,1-4H3/b16-12+,20-15-. The molecule has 2 heterocycles. The van der Waals surface area contributed by atoms with Crippen molar-refractivity contribution in [1.29, 1.82) is 0 Å². The minimum atomic E-state index is 0.615. The van der Waals surface area contributed by atoms with Gasteiger partial charge in [0.05, 0.1) is 0 Å². The van der Waals surface area contributed by atoms with Crippen LogP contribution in [0.4, 0.5) is 0 Å². The molecule has 138 valence electrons. The second kappa shape index (κ2) is 9.30. The molecule has 4 heteroatoms. The molecule has 0 bridgehead atoms. The van der Waals surface area contributed by atoms with Crippen LogP contribution in [0.15, 0.2) is 52.7 Å². The van der Waals surface area contributed by atoms with Crippen molar-refractivity contribution in [2.75, 3.05) is 6.54 Å². The van der Waals surface area contributed by atoms with Gasteiger partial charge in [-0.1, -0.05) is 11.6 Å². The fourth-order valence-electron chi connectivity index (χ4n) is 3.16. The summed E-state index contributed by atoms with van der Waals surface area (Å²) < 4.78 is 2.21. The molecule has 0 amide bonds. The smallest absolute Gasteiger partial charge is 0.137 e. The first-order chi connectivity index (χ1) is 12.4. The third-order valence-electron chi connectivity index (χ3n) is 4.41. The van der Waals surface area contributed by atoms with E-state index in [1.807, 2.05) is 0 Å². The van der Waals surface area contributed by atoms with E-state index in [9.17, 15) is 0 Å². The first-order valence-electron chi connectivity index (χ1n) is 9.09. The Morgan fingerprint density at radius 1 is 1.19 bits per heavy atom. The first kappa shape index (κ1) is 19.9. The normalized spacial score (nSPS) is 12.5. The topological polar surface area (TPSA) is 56.2 Å². The van der Waals surface area contributed by atoms with Crippen molar-refractivity contribution < 1.29 is 0 Å². The van der Waals surface area contributed by atoms with Gasteiger partial charge in [-0.25, -0.2) is 4.98 Å². The summed E-state index contributed by atoms with van der Waals surface area (Å²) in [4.78, 5) is 8.76. The zero-order chi connectivity index (χ0) is 19.1. The van der Waals surface area contributed by atoms with Crippen molar-refractivity contribution in [3.63, 3.8) is 0 Å². The van der Waals surface area contributed by atoms with E-state index in [0.29, 0.717) is 6.54 Å². The fraction of sp³-hybridized carbons (Fsp3) is 0.364. The minimum Gasteiger partial charge on any atom is -0.330 e. The Balaban J connectivity index is 2.18. The highest BCUT2D eigenvalue weighted by Crippen LogP contribution is 2.18. The number of rotatable bonds is 8. The molecule has 2 N–H and O–H groups in total. The van der Waals surface area contributed by atoms with Gasteiger partial charge in [-0.3, -0.25) is 4.99 Å². The Kier molecular flexibility index (Phi) is 7.10. The maximum atomic E-state index is 5.66. The maximum absolute atomic E-state index is 5.66. The van der Waals surface area contributed by atoms with Gasteiger partial charge in [-0.2, -0.15) is 0 Å². The van der Waals surface area contributed by atoms with Gasteiger partial charge >= 0.3 is 0 Å². The number of aryl methyl sites for hydroxylation is 4. The second-order valence-corrected chi connectivity index (χ2v) is 6.86. The summed E-state index contributed by atoms with van der Waals surface area (Å²) in [6.07, 6.45) is 6.64. The van der Waals surface area contributed by atoms with E-state index in [4.69, 9.17) is 10.7 Å². The number of hydrogen-bond acceptors (Lipinski definition) is 3. The van der Waals surface area contributed by atoms with Crippen molar-refractivity contribution in [3.8, 4) is 5.82 Å². The van der Waals surface area contributed by atoms with Crippen LogP contribution < -0.4 is 5.73 Å². The summed E-state index contributed by atoms with van der Waals surface area (Å²) >= 11 is 0.